The Hall–Kier alpha value is -4.01. The van der Waals surface area contributed by atoms with Crippen LogP contribution in [0.3, 0.4) is 0 Å². The maximum Gasteiger partial charge on any atom is 0.408 e. The number of carboxylic acids is 1. The highest BCUT2D eigenvalue weighted by atomic mass is 16.5. The minimum absolute atomic E-state index is 0.0531. The van der Waals surface area contributed by atoms with Crippen LogP contribution < -0.4 is 10.6 Å². The predicted molar refractivity (Wildman–Crippen MR) is 121 cm³/mol. The zero-order valence-electron chi connectivity index (χ0n) is 18.4. The Morgan fingerprint density at radius 3 is 2.30 bits per heavy atom. The average molecular weight is 450 g/mol. The third-order valence-corrected chi connectivity index (χ3v) is 4.96. The normalized spacial score (nSPS) is 12.7. The third kappa shape index (κ3) is 6.73. The molecule has 3 aromatic rings. The predicted octanol–water partition coefficient (Wildman–Crippen LogP) is 2.69. The summed E-state index contributed by atoms with van der Waals surface area (Å²) >= 11 is 0. The summed E-state index contributed by atoms with van der Waals surface area (Å²) in [5.41, 5.74) is 2.56. The van der Waals surface area contributed by atoms with Gasteiger partial charge >= 0.3 is 12.1 Å². The van der Waals surface area contributed by atoms with Crippen LogP contribution in [0.5, 0.6) is 0 Å². The van der Waals surface area contributed by atoms with Crippen molar-refractivity contribution in [3.8, 4) is 0 Å². The monoisotopic (exact) mass is 450 g/mol. The van der Waals surface area contributed by atoms with Crippen LogP contribution in [0.4, 0.5) is 4.79 Å². The van der Waals surface area contributed by atoms with E-state index in [9.17, 15) is 19.5 Å². The number of benzene rings is 2. The summed E-state index contributed by atoms with van der Waals surface area (Å²) in [6.45, 7) is 3.54. The number of carbonyl (C=O) groups excluding carboxylic acids is 2. The summed E-state index contributed by atoms with van der Waals surface area (Å²) in [5, 5.41) is 14.7. The van der Waals surface area contributed by atoms with Gasteiger partial charge in [-0.05, 0) is 23.6 Å². The number of hydrogen-bond acceptors (Lipinski definition) is 6. The van der Waals surface area contributed by atoms with Crippen molar-refractivity contribution in [3.05, 3.63) is 72.1 Å². The van der Waals surface area contributed by atoms with Gasteiger partial charge in [-0.2, -0.15) is 0 Å². The molecule has 3 rings (SSSR count). The molecule has 2 aromatic carbocycles. The van der Waals surface area contributed by atoms with E-state index in [1.807, 2.05) is 42.5 Å². The lowest BCUT2D eigenvalue weighted by atomic mass is 10.0. The fraction of sp³-hybridized carbons (Fsp3) is 0.292. The zero-order chi connectivity index (χ0) is 23.8. The van der Waals surface area contributed by atoms with Crippen molar-refractivity contribution >= 4 is 29.0 Å². The third-order valence-electron chi connectivity index (χ3n) is 4.96. The van der Waals surface area contributed by atoms with Gasteiger partial charge < -0.3 is 20.5 Å². The molecule has 0 aliphatic carbocycles. The second-order valence-corrected chi connectivity index (χ2v) is 7.88. The summed E-state index contributed by atoms with van der Waals surface area (Å²) in [7, 11) is 0. The van der Waals surface area contributed by atoms with E-state index in [4.69, 9.17) is 4.74 Å². The van der Waals surface area contributed by atoms with Gasteiger partial charge in [-0.15, -0.1) is 0 Å². The Morgan fingerprint density at radius 1 is 0.970 bits per heavy atom. The van der Waals surface area contributed by atoms with E-state index in [0.717, 1.165) is 5.56 Å². The van der Waals surface area contributed by atoms with Crippen molar-refractivity contribution < 1.29 is 24.2 Å². The number of amides is 2. The number of carbonyl (C=O) groups is 3. The molecule has 172 valence electrons. The maximum atomic E-state index is 12.8. The number of ether oxygens (including phenoxy) is 1. The number of hydrogen-bond donors (Lipinski definition) is 3. The van der Waals surface area contributed by atoms with Gasteiger partial charge in [0.05, 0.1) is 16.7 Å². The fourth-order valence-corrected chi connectivity index (χ4v) is 3.19. The molecule has 0 bridgehead atoms. The number of carboxylic acid groups (broad SMARTS) is 1. The standard InChI is InChI=1S/C24H26N4O5/c1-15(2)21(28-24(32)33-14-16-8-4-3-5-9-16)22(29)27-20(23(30)31)12-17-13-25-18-10-6-7-11-19(18)26-17/h3-11,13,15,20-21H,12,14H2,1-2H3,(H,27,29)(H,28,32)(H,30,31)/t20-,21+/m1/s1. The largest absolute Gasteiger partial charge is 0.480 e. The lowest BCUT2D eigenvalue weighted by molar-refractivity contribution is -0.142. The quantitative estimate of drug-likeness (QED) is 0.457. The number of nitrogens with zero attached hydrogens (tertiary/aromatic N) is 2. The number of alkyl carbamates (subject to hydrolysis) is 1. The number of aromatic nitrogens is 2. The van der Waals surface area contributed by atoms with Gasteiger partial charge in [0.2, 0.25) is 5.91 Å². The Bertz CT molecular complexity index is 1120. The SMILES string of the molecule is CC(C)[C@H](NC(=O)OCc1ccccc1)C(=O)N[C@H](Cc1cnc2ccccc2n1)C(=O)O. The van der Waals surface area contributed by atoms with Gasteiger partial charge in [-0.3, -0.25) is 9.78 Å². The molecule has 0 fully saturated rings. The second-order valence-electron chi connectivity index (χ2n) is 7.88. The smallest absolute Gasteiger partial charge is 0.408 e. The van der Waals surface area contributed by atoms with E-state index in [1.165, 1.54) is 6.20 Å². The molecule has 0 spiro atoms. The first-order valence-electron chi connectivity index (χ1n) is 10.5. The number of nitrogens with one attached hydrogen (secondary N) is 2. The highest BCUT2D eigenvalue weighted by Crippen LogP contribution is 2.11. The number of aliphatic carboxylic acids is 1. The van der Waals surface area contributed by atoms with Crippen molar-refractivity contribution in [2.45, 2.75) is 39.0 Å². The van der Waals surface area contributed by atoms with Crippen molar-refractivity contribution in [1.82, 2.24) is 20.6 Å². The summed E-state index contributed by atoms with van der Waals surface area (Å²) in [6.07, 6.45) is 0.672. The Kier molecular flexibility index (Phi) is 7.91. The van der Waals surface area contributed by atoms with E-state index >= 15 is 0 Å². The molecule has 0 unspecified atom stereocenters. The maximum absolute atomic E-state index is 12.8. The molecule has 9 nitrogen and oxygen atoms in total. The van der Waals surface area contributed by atoms with Crippen LogP contribution in [0.25, 0.3) is 11.0 Å². The second kappa shape index (κ2) is 11.0. The van der Waals surface area contributed by atoms with Gasteiger partial charge in [-0.25, -0.2) is 14.6 Å². The zero-order valence-corrected chi connectivity index (χ0v) is 18.4. The Morgan fingerprint density at radius 2 is 1.64 bits per heavy atom. The number of para-hydroxylation sites is 2. The van der Waals surface area contributed by atoms with Crippen LogP contribution in [0.2, 0.25) is 0 Å². The van der Waals surface area contributed by atoms with Crippen LogP contribution in [-0.2, 0) is 27.4 Å². The molecule has 0 radical (unpaired) electrons. The lowest BCUT2D eigenvalue weighted by Gasteiger charge is -2.23. The molecule has 2 amide bonds. The van der Waals surface area contributed by atoms with E-state index in [0.29, 0.717) is 16.7 Å². The van der Waals surface area contributed by atoms with Crippen LogP contribution >= 0.6 is 0 Å². The van der Waals surface area contributed by atoms with Crippen LogP contribution in [0.1, 0.15) is 25.1 Å². The molecule has 3 N–H and O–H groups in total. The Labute approximate surface area is 191 Å². The first kappa shape index (κ1) is 23.6. The first-order chi connectivity index (χ1) is 15.8. The van der Waals surface area contributed by atoms with Crippen molar-refractivity contribution in [2.75, 3.05) is 0 Å². The molecule has 9 heteroatoms. The molecule has 1 aromatic heterocycles. The van der Waals surface area contributed by atoms with Gasteiger partial charge in [-0.1, -0.05) is 56.3 Å². The summed E-state index contributed by atoms with van der Waals surface area (Å²) in [5.74, 6) is -2.14. The molecular weight excluding hydrogens is 424 g/mol. The summed E-state index contributed by atoms with van der Waals surface area (Å²) < 4.78 is 5.18. The molecule has 33 heavy (non-hydrogen) atoms. The van der Waals surface area contributed by atoms with E-state index in [-0.39, 0.29) is 18.9 Å². The molecule has 1 heterocycles. The minimum Gasteiger partial charge on any atom is -0.480 e. The summed E-state index contributed by atoms with van der Waals surface area (Å²) in [6, 6.07) is 14.1. The van der Waals surface area contributed by atoms with Crippen LogP contribution in [0.15, 0.2) is 60.8 Å². The highest BCUT2D eigenvalue weighted by Gasteiger charge is 2.29. The molecular formula is C24H26N4O5. The highest BCUT2D eigenvalue weighted by molar-refractivity contribution is 5.89. The molecule has 0 saturated heterocycles. The van der Waals surface area contributed by atoms with Crippen LogP contribution in [-0.4, -0.2) is 45.1 Å². The number of rotatable bonds is 9. The lowest BCUT2D eigenvalue weighted by Crippen LogP contribution is -2.54. The van der Waals surface area contributed by atoms with E-state index in [2.05, 4.69) is 20.6 Å². The minimum atomic E-state index is -1.24. The average Bonchev–Trinajstić information content (AvgIpc) is 2.81. The molecule has 0 aliphatic heterocycles. The van der Waals surface area contributed by atoms with Gasteiger partial charge in [0.15, 0.2) is 0 Å². The summed E-state index contributed by atoms with van der Waals surface area (Å²) in [4.78, 5) is 45.6. The van der Waals surface area contributed by atoms with E-state index in [1.54, 1.807) is 26.0 Å². The van der Waals surface area contributed by atoms with E-state index < -0.39 is 30.1 Å². The van der Waals surface area contributed by atoms with Crippen molar-refractivity contribution in [1.29, 1.82) is 0 Å². The van der Waals surface area contributed by atoms with Gasteiger partial charge in [0.1, 0.15) is 18.7 Å². The van der Waals surface area contributed by atoms with Crippen molar-refractivity contribution in [2.24, 2.45) is 5.92 Å². The Balaban J connectivity index is 1.63. The topological polar surface area (TPSA) is 131 Å². The number of fused-ring (bicyclic) bond motifs is 1. The molecule has 0 saturated carbocycles. The van der Waals surface area contributed by atoms with Gasteiger partial charge in [0.25, 0.3) is 0 Å². The van der Waals surface area contributed by atoms with Crippen molar-refractivity contribution in [3.63, 3.8) is 0 Å². The first-order valence-corrected chi connectivity index (χ1v) is 10.5. The van der Waals surface area contributed by atoms with Gasteiger partial charge in [0, 0.05) is 12.6 Å². The molecule has 2 atom stereocenters. The van der Waals surface area contributed by atoms with Crippen LogP contribution in [0, 0.1) is 5.92 Å². The molecule has 0 aliphatic rings. The fourth-order valence-electron chi connectivity index (χ4n) is 3.19.